The number of thiazole rings is 1. The molecule has 0 saturated heterocycles. The maximum atomic E-state index is 14.5. The number of carboxylic acid groups (broad SMARTS) is 1. The zero-order valence-electron chi connectivity index (χ0n) is 18.1. The summed E-state index contributed by atoms with van der Waals surface area (Å²) < 4.78 is 14.5. The summed E-state index contributed by atoms with van der Waals surface area (Å²) in [7, 11) is 0. The number of hydrogen-bond donors (Lipinski definition) is 2. The van der Waals surface area contributed by atoms with Crippen LogP contribution in [-0.2, 0) is 9.59 Å². The molecule has 7 rings (SSSR count). The molecule has 0 bridgehead atoms. The van der Waals surface area contributed by atoms with Crippen molar-refractivity contribution in [1.29, 1.82) is 0 Å². The molecule has 6 nitrogen and oxygen atoms in total. The van der Waals surface area contributed by atoms with Crippen LogP contribution in [0.4, 0.5) is 4.39 Å². The highest BCUT2D eigenvalue weighted by Gasteiger charge is 2.96. The van der Waals surface area contributed by atoms with Crippen molar-refractivity contribution in [2.45, 2.75) is 26.3 Å². The predicted octanol–water partition coefficient (Wildman–Crippen LogP) is 3.74. The number of aldehydes is 1. The van der Waals surface area contributed by atoms with E-state index in [1.807, 2.05) is 18.4 Å². The molecule has 33 heavy (non-hydrogen) atoms. The summed E-state index contributed by atoms with van der Waals surface area (Å²) in [5, 5.41) is 16.0. The molecular weight excluding hydrogens is 441 g/mol. The van der Waals surface area contributed by atoms with E-state index in [1.54, 1.807) is 19.2 Å². The lowest BCUT2D eigenvalue weighted by Crippen LogP contribution is -2.95. The molecule has 0 amide bonds. The van der Waals surface area contributed by atoms with E-state index >= 15 is 0 Å². The van der Waals surface area contributed by atoms with E-state index < -0.39 is 17.4 Å². The third-order valence-corrected chi connectivity index (χ3v) is 10.4. The molecule has 2 heterocycles. The second-order valence-corrected chi connectivity index (χ2v) is 11.2. The number of carbonyl (C=O) groups excluding carboxylic acids is 1. The Morgan fingerprint density at radius 3 is 2.67 bits per heavy atom. The Hall–Kier alpha value is -2.87. The molecule has 1 aliphatic heterocycles. The molecule has 0 spiro atoms. The van der Waals surface area contributed by atoms with Gasteiger partial charge in [0.1, 0.15) is 18.1 Å². The van der Waals surface area contributed by atoms with Gasteiger partial charge in [0.25, 0.3) is 0 Å². The topological polar surface area (TPSA) is 91.7 Å². The Labute approximate surface area is 193 Å². The summed E-state index contributed by atoms with van der Waals surface area (Å²) in [4.78, 5) is 33.9. The molecule has 5 unspecified atom stereocenters. The number of nitrogens with zero attached hydrogens (tertiary/aromatic N) is 2. The molecule has 2 aromatic rings. The molecule has 4 fully saturated rings. The highest BCUT2D eigenvalue weighted by Crippen LogP contribution is 2.97. The number of fused-ring (bicyclic) bond motifs is 2. The normalized spacial score (nSPS) is 41.4. The first-order chi connectivity index (χ1) is 15.9. The van der Waals surface area contributed by atoms with E-state index in [2.05, 4.69) is 10.3 Å². The molecular formula is C25H22FN3O3S. The molecule has 4 aliphatic carbocycles. The van der Waals surface area contributed by atoms with Crippen LogP contribution in [0.2, 0.25) is 0 Å². The van der Waals surface area contributed by atoms with Gasteiger partial charge in [-0.1, -0.05) is 12.1 Å². The van der Waals surface area contributed by atoms with Gasteiger partial charge in [-0.2, -0.15) is 0 Å². The first-order valence-electron chi connectivity index (χ1n) is 11.3. The van der Waals surface area contributed by atoms with Crippen LogP contribution in [-0.4, -0.2) is 28.2 Å². The zero-order chi connectivity index (χ0) is 22.9. The number of rotatable bonds is 5. The maximum Gasteiger partial charge on any atom is 0.309 e. The minimum atomic E-state index is -0.698. The number of carboxylic acids is 1. The number of nitrogens with one attached hydrogen (secondary N) is 1. The van der Waals surface area contributed by atoms with Gasteiger partial charge in [0, 0.05) is 28.3 Å². The Kier molecular flexibility index (Phi) is 3.54. The lowest BCUT2D eigenvalue weighted by atomic mass is 9.07. The van der Waals surface area contributed by atoms with Gasteiger partial charge in [0.2, 0.25) is 0 Å². The number of benzene rings is 1. The van der Waals surface area contributed by atoms with Crippen molar-refractivity contribution in [1.82, 2.24) is 10.3 Å². The average Bonchev–Trinajstić information content (AvgIpc) is 3.35. The number of aromatic nitrogens is 1. The summed E-state index contributed by atoms with van der Waals surface area (Å²) in [6.45, 7) is 3.61. The highest BCUT2D eigenvalue weighted by atomic mass is 32.1. The third-order valence-electron chi connectivity index (χ3n) is 9.66. The predicted molar refractivity (Wildman–Crippen MR) is 119 cm³/mol. The lowest BCUT2D eigenvalue weighted by molar-refractivity contribution is -0.474. The van der Waals surface area contributed by atoms with Crippen molar-refractivity contribution in [2.24, 2.45) is 45.4 Å². The second kappa shape index (κ2) is 5.97. The summed E-state index contributed by atoms with van der Waals surface area (Å²) in [6, 6.07) is 4.28. The Bertz CT molecular complexity index is 1280. The maximum absolute atomic E-state index is 14.5. The molecule has 2 N–H and O–H groups in total. The lowest BCUT2D eigenvalue weighted by Gasteiger charge is -2.95. The first kappa shape index (κ1) is 19.6. The van der Waals surface area contributed by atoms with Crippen LogP contribution in [0.15, 0.2) is 46.0 Å². The Balaban J connectivity index is 1.38. The van der Waals surface area contributed by atoms with E-state index in [4.69, 9.17) is 4.99 Å². The zero-order valence-corrected chi connectivity index (χ0v) is 18.9. The van der Waals surface area contributed by atoms with Crippen LogP contribution in [0.1, 0.15) is 35.5 Å². The van der Waals surface area contributed by atoms with Gasteiger partial charge >= 0.3 is 5.97 Å². The number of halogens is 1. The summed E-state index contributed by atoms with van der Waals surface area (Å²) in [5.74, 6) is 0.670. The fourth-order valence-electron chi connectivity index (χ4n) is 8.40. The van der Waals surface area contributed by atoms with Crippen LogP contribution in [0.25, 0.3) is 0 Å². The number of allylic oxidation sites excluding steroid dienone is 1. The number of carbonyl (C=O) groups is 2. The largest absolute Gasteiger partial charge is 0.481 e. The van der Waals surface area contributed by atoms with Crippen LogP contribution >= 0.6 is 11.3 Å². The van der Waals surface area contributed by atoms with Crippen LogP contribution in [0.3, 0.4) is 0 Å². The fourth-order valence-corrected chi connectivity index (χ4v) is 8.98. The summed E-state index contributed by atoms with van der Waals surface area (Å²) >= 11 is 1.46. The van der Waals surface area contributed by atoms with Gasteiger partial charge in [0.15, 0.2) is 10.8 Å². The Morgan fingerprint density at radius 1 is 1.30 bits per heavy atom. The monoisotopic (exact) mass is 463 g/mol. The fraction of sp³-hybridized carbons (Fsp3) is 0.440. The second-order valence-electron chi connectivity index (χ2n) is 10.3. The number of aliphatic imine (C=N–C) groups is 1. The molecule has 4 saturated carbocycles. The van der Waals surface area contributed by atoms with Crippen LogP contribution < -0.4 is 5.32 Å². The summed E-state index contributed by atoms with van der Waals surface area (Å²) in [5.41, 5.74) is 1.73. The van der Waals surface area contributed by atoms with Gasteiger partial charge in [-0.05, 0) is 67.1 Å². The first-order valence-corrected chi connectivity index (χ1v) is 12.2. The minimum absolute atomic E-state index is 0.156. The molecule has 8 heteroatoms. The number of aliphatic carboxylic acids is 1. The van der Waals surface area contributed by atoms with Crippen molar-refractivity contribution in [2.75, 3.05) is 0 Å². The minimum Gasteiger partial charge on any atom is -0.481 e. The van der Waals surface area contributed by atoms with Gasteiger partial charge in [-0.15, -0.1) is 11.3 Å². The van der Waals surface area contributed by atoms with Crippen LogP contribution in [0.5, 0.6) is 0 Å². The molecule has 168 valence electrons. The number of amidine groups is 1. The van der Waals surface area contributed by atoms with E-state index in [1.165, 1.54) is 17.4 Å². The Morgan fingerprint density at radius 2 is 2.06 bits per heavy atom. The molecule has 1 aromatic carbocycles. The molecule has 5 atom stereocenters. The van der Waals surface area contributed by atoms with Gasteiger partial charge < -0.3 is 10.4 Å². The van der Waals surface area contributed by atoms with Gasteiger partial charge in [-0.3, -0.25) is 14.6 Å². The smallest absolute Gasteiger partial charge is 0.309 e. The molecule has 0 radical (unpaired) electrons. The third kappa shape index (κ3) is 1.90. The van der Waals surface area contributed by atoms with E-state index in [-0.39, 0.29) is 40.8 Å². The van der Waals surface area contributed by atoms with Crippen molar-refractivity contribution < 1.29 is 19.1 Å². The molecule has 1 aromatic heterocycles. The van der Waals surface area contributed by atoms with E-state index in [0.29, 0.717) is 22.5 Å². The quantitative estimate of drug-likeness (QED) is 0.660. The number of hydrogen-bond acceptors (Lipinski definition) is 6. The van der Waals surface area contributed by atoms with Gasteiger partial charge in [-0.25, -0.2) is 9.37 Å². The van der Waals surface area contributed by atoms with E-state index in [0.717, 1.165) is 23.4 Å². The van der Waals surface area contributed by atoms with Crippen molar-refractivity contribution >= 4 is 29.4 Å². The standard InChI is InChI=1S/C25H22FN3O3S/c1-10-11(4-3-5-15(10)26)19-12(9-30)20(29-21(28-19)22-27-6-7-33-22)25-13-8-14(25)17-18(25)16(13)24(17,2)23(31)32/h3-7,9,13-14,16-19H,8H2,1-2H3,(H,28,29)(H,31,32). The van der Waals surface area contributed by atoms with Gasteiger partial charge in [0.05, 0.1) is 5.41 Å². The van der Waals surface area contributed by atoms with Crippen molar-refractivity contribution in [3.8, 4) is 0 Å². The molecule has 5 aliphatic rings. The van der Waals surface area contributed by atoms with Crippen molar-refractivity contribution in [3.63, 3.8) is 0 Å². The van der Waals surface area contributed by atoms with E-state index in [9.17, 15) is 19.1 Å². The highest BCUT2D eigenvalue weighted by molar-refractivity contribution is 7.11. The summed E-state index contributed by atoms with van der Waals surface area (Å²) in [6.07, 6.45) is 3.59. The van der Waals surface area contributed by atoms with Crippen molar-refractivity contribution in [3.05, 3.63) is 63.0 Å². The SMILES string of the molecule is Cc1c(F)cccc1C1N=C(c2nccs2)NC(C23C4CC2C2C3C4C2(C)C(=O)O)=C1C=O. The van der Waals surface area contributed by atoms with Crippen LogP contribution in [0, 0.1) is 53.2 Å². The average molecular weight is 464 g/mol.